The van der Waals surface area contributed by atoms with Crippen molar-refractivity contribution in [2.24, 2.45) is 10.8 Å². The van der Waals surface area contributed by atoms with Crippen LogP contribution in [0.5, 0.6) is 5.75 Å². The summed E-state index contributed by atoms with van der Waals surface area (Å²) in [4.78, 5) is 10.5. The summed E-state index contributed by atoms with van der Waals surface area (Å²) in [7, 11) is 1.37. The van der Waals surface area contributed by atoms with Crippen LogP contribution < -0.4 is 15.9 Å². The second-order valence-corrected chi connectivity index (χ2v) is 4.52. The van der Waals surface area contributed by atoms with Crippen LogP contribution in [0.3, 0.4) is 0 Å². The van der Waals surface area contributed by atoms with Gasteiger partial charge >= 0.3 is 5.69 Å². The maximum absolute atomic E-state index is 11.0. The van der Waals surface area contributed by atoms with E-state index in [4.69, 9.17) is 14.9 Å². The molecule has 1 heterocycles. The van der Waals surface area contributed by atoms with Crippen molar-refractivity contribution in [1.82, 2.24) is 5.43 Å². The van der Waals surface area contributed by atoms with Gasteiger partial charge in [-0.05, 0) is 36.5 Å². The molecule has 0 unspecified atom stereocenters. The number of nitro groups is 1. The van der Waals surface area contributed by atoms with Gasteiger partial charge < -0.3 is 14.9 Å². The first-order valence-electron chi connectivity index (χ1n) is 6.02. The van der Waals surface area contributed by atoms with E-state index in [1.54, 1.807) is 18.2 Å². The van der Waals surface area contributed by atoms with Crippen LogP contribution in [0, 0.1) is 10.1 Å². The maximum Gasteiger partial charge on any atom is 0.311 e. The number of ether oxygens (including phenoxy) is 1. The third-order valence-corrected chi connectivity index (χ3v) is 2.74. The first-order valence-corrected chi connectivity index (χ1v) is 6.43. The third-order valence-electron chi connectivity index (χ3n) is 2.65. The SMILES string of the molecule is COc1ccc(-c2ccc(C=NNC(N)=S)o2)cc1[N+](=O)[O-]. The van der Waals surface area contributed by atoms with Crippen LogP contribution in [0.25, 0.3) is 11.3 Å². The van der Waals surface area contributed by atoms with Gasteiger partial charge in [-0.15, -0.1) is 0 Å². The first-order chi connectivity index (χ1) is 10.5. The Hall–Kier alpha value is -2.94. The van der Waals surface area contributed by atoms with Gasteiger partial charge in [0.05, 0.1) is 18.2 Å². The molecule has 0 amide bonds. The first kappa shape index (κ1) is 15.4. The summed E-state index contributed by atoms with van der Waals surface area (Å²) in [5.41, 5.74) is 8.03. The Morgan fingerprint density at radius 3 is 2.91 bits per heavy atom. The van der Waals surface area contributed by atoms with Crippen molar-refractivity contribution in [3.8, 4) is 17.1 Å². The van der Waals surface area contributed by atoms with E-state index in [0.717, 1.165) is 0 Å². The smallest absolute Gasteiger partial charge is 0.311 e. The lowest BCUT2D eigenvalue weighted by Gasteiger charge is -2.03. The Morgan fingerprint density at radius 2 is 2.27 bits per heavy atom. The Bertz CT molecular complexity index is 741. The highest BCUT2D eigenvalue weighted by Gasteiger charge is 2.17. The van der Waals surface area contributed by atoms with E-state index in [1.165, 1.54) is 25.5 Å². The zero-order valence-electron chi connectivity index (χ0n) is 11.5. The third kappa shape index (κ3) is 3.58. The summed E-state index contributed by atoms with van der Waals surface area (Å²) < 4.78 is 10.5. The second kappa shape index (κ2) is 6.68. The number of nitro benzene ring substituents is 1. The number of furan rings is 1. The molecule has 114 valence electrons. The van der Waals surface area contributed by atoms with Gasteiger partial charge in [0.15, 0.2) is 10.9 Å². The molecule has 0 saturated carbocycles. The Labute approximate surface area is 130 Å². The minimum Gasteiger partial charge on any atom is -0.490 e. The molecule has 0 aliphatic heterocycles. The second-order valence-electron chi connectivity index (χ2n) is 4.08. The molecule has 22 heavy (non-hydrogen) atoms. The molecule has 3 N–H and O–H groups in total. The summed E-state index contributed by atoms with van der Waals surface area (Å²) in [6, 6.07) is 7.90. The number of rotatable bonds is 5. The van der Waals surface area contributed by atoms with E-state index < -0.39 is 4.92 Å². The average molecular weight is 320 g/mol. The predicted molar refractivity (Wildman–Crippen MR) is 84.9 cm³/mol. The topological polar surface area (TPSA) is 116 Å². The molecule has 1 aromatic carbocycles. The van der Waals surface area contributed by atoms with Gasteiger partial charge in [0, 0.05) is 11.6 Å². The highest BCUT2D eigenvalue weighted by Crippen LogP contribution is 2.32. The number of thiocarbonyl (C=S) groups is 1. The highest BCUT2D eigenvalue weighted by atomic mass is 32.1. The normalized spacial score (nSPS) is 10.6. The van der Waals surface area contributed by atoms with Gasteiger partial charge in [-0.3, -0.25) is 15.5 Å². The Balaban J connectivity index is 2.27. The summed E-state index contributed by atoms with van der Waals surface area (Å²) in [6.45, 7) is 0. The lowest BCUT2D eigenvalue weighted by Crippen LogP contribution is -2.23. The van der Waals surface area contributed by atoms with E-state index in [-0.39, 0.29) is 16.5 Å². The lowest BCUT2D eigenvalue weighted by molar-refractivity contribution is -0.385. The van der Waals surface area contributed by atoms with Crippen LogP contribution in [-0.2, 0) is 0 Å². The van der Waals surface area contributed by atoms with E-state index in [1.807, 2.05) is 0 Å². The average Bonchev–Trinajstić information content (AvgIpc) is 2.95. The van der Waals surface area contributed by atoms with Crippen molar-refractivity contribution in [3.63, 3.8) is 0 Å². The Morgan fingerprint density at radius 1 is 1.50 bits per heavy atom. The quantitative estimate of drug-likeness (QED) is 0.375. The minimum atomic E-state index is -0.514. The number of nitrogens with one attached hydrogen (secondary N) is 1. The molecule has 0 radical (unpaired) electrons. The molecule has 8 nitrogen and oxygen atoms in total. The number of hydrazone groups is 1. The minimum absolute atomic E-state index is 0.0359. The fourth-order valence-corrected chi connectivity index (χ4v) is 1.78. The van der Waals surface area contributed by atoms with Crippen LogP contribution in [0.1, 0.15) is 5.76 Å². The van der Waals surface area contributed by atoms with Gasteiger partial charge in [-0.25, -0.2) is 0 Å². The number of nitrogens with zero attached hydrogens (tertiary/aromatic N) is 2. The summed E-state index contributed by atoms with van der Waals surface area (Å²) in [5, 5.41) is 14.8. The lowest BCUT2D eigenvalue weighted by atomic mass is 10.1. The largest absolute Gasteiger partial charge is 0.490 e. The molecule has 2 aromatic rings. The van der Waals surface area contributed by atoms with Crippen LogP contribution in [0.2, 0.25) is 0 Å². The predicted octanol–water partition coefficient (Wildman–Crippen LogP) is 2.03. The zero-order valence-corrected chi connectivity index (χ0v) is 12.3. The molecular weight excluding hydrogens is 308 g/mol. The molecule has 0 spiro atoms. The van der Waals surface area contributed by atoms with Crippen molar-refractivity contribution >= 4 is 29.2 Å². The monoisotopic (exact) mass is 320 g/mol. The molecule has 1 aromatic heterocycles. The molecule has 0 aliphatic rings. The van der Waals surface area contributed by atoms with Gasteiger partial charge in [0.25, 0.3) is 0 Å². The molecule has 0 saturated heterocycles. The fraction of sp³-hybridized carbons (Fsp3) is 0.0769. The van der Waals surface area contributed by atoms with Gasteiger partial charge in [-0.2, -0.15) is 5.10 Å². The molecular formula is C13H12N4O4S. The highest BCUT2D eigenvalue weighted by molar-refractivity contribution is 7.80. The van der Waals surface area contributed by atoms with Crippen LogP contribution in [0.4, 0.5) is 5.69 Å². The molecule has 0 aliphatic carbocycles. The van der Waals surface area contributed by atoms with Crippen molar-refractivity contribution in [3.05, 3.63) is 46.2 Å². The van der Waals surface area contributed by atoms with E-state index in [2.05, 4.69) is 22.7 Å². The number of nitrogens with two attached hydrogens (primary N) is 1. The van der Waals surface area contributed by atoms with Crippen LogP contribution in [0.15, 0.2) is 39.9 Å². The molecule has 9 heteroatoms. The molecule has 0 atom stereocenters. The van der Waals surface area contributed by atoms with Crippen LogP contribution in [-0.4, -0.2) is 23.4 Å². The van der Waals surface area contributed by atoms with Gasteiger partial charge in [-0.1, -0.05) is 0 Å². The zero-order chi connectivity index (χ0) is 16.1. The number of benzene rings is 1. The molecule has 2 rings (SSSR count). The summed E-state index contributed by atoms with van der Waals surface area (Å²) in [5.74, 6) is 1.09. The number of methoxy groups -OCH3 is 1. The number of hydrogen-bond donors (Lipinski definition) is 2. The fourth-order valence-electron chi connectivity index (χ4n) is 1.72. The standard InChI is InChI=1S/C13H12N4O4S/c1-20-12-4-2-8(6-10(12)17(18)19)11-5-3-9(21-11)7-15-16-13(14)22/h2-7H,1H3,(H3,14,16,22). The Kier molecular flexibility index (Phi) is 4.69. The molecule has 0 fully saturated rings. The van der Waals surface area contributed by atoms with Gasteiger partial charge in [0.2, 0.25) is 0 Å². The van der Waals surface area contributed by atoms with E-state index >= 15 is 0 Å². The van der Waals surface area contributed by atoms with E-state index in [0.29, 0.717) is 17.1 Å². The van der Waals surface area contributed by atoms with E-state index in [9.17, 15) is 10.1 Å². The van der Waals surface area contributed by atoms with Gasteiger partial charge in [0.1, 0.15) is 11.5 Å². The van der Waals surface area contributed by atoms with Crippen LogP contribution >= 0.6 is 12.2 Å². The van der Waals surface area contributed by atoms with Crippen molar-refractivity contribution in [1.29, 1.82) is 0 Å². The maximum atomic E-state index is 11.0. The van der Waals surface area contributed by atoms with Crippen molar-refractivity contribution in [2.45, 2.75) is 0 Å². The van der Waals surface area contributed by atoms with Crippen molar-refractivity contribution in [2.75, 3.05) is 7.11 Å². The summed E-state index contributed by atoms with van der Waals surface area (Å²) >= 11 is 4.60. The van der Waals surface area contributed by atoms with Crippen molar-refractivity contribution < 1.29 is 14.1 Å². The molecule has 0 bridgehead atoms. The summed E-state index contributed by atoms with van der Waals surface area (Å²) in [6.07, 6.45) is 1.39. The number of hydrogen-bond acceptors (Lipinski definition) is 6.